The van der Waals surface area contributed by atoms with E-state index in [4.69, 9.17) is 0 Å². The SMILES string of the molecule is I.I.I.I.[H-].[H-].[K+].[K+].[Pt]. The van der Waals surface area contributed by atoms with E-state index in [1.54, 1.807) is 0 Å². The molecule has 0 aliphatic heterocycles. The van der Waals surface area contributed by atoms with Gasteiger partial charge in [0.05, 0.1) is 0 Å². The summed E-state index contributed by atoms with van der Waals surface area (Å²) in [4.78, 5) is 0. The molecule has 0 nitrogen and oxygen atoms in total. The van der Waals surface area contributed by atoms with E-state index in [1.807, 2.05) is 0 Å². The van der Waals surface area contributed by atoms with Gasteiger partial charge in [-0.15, -0.1) is 95.9 Å². The molecule has 7 heteroatoms. The molecule has 0 amide bonds. The van der Waals surface area contributed by atoms with Gasteiger partial charge in [-0.25, -0.2) is 0 Å². The largest absolute Gasteiger partial charge is 1.00 e. The number of hydrogen-bond donors (Lipinski definition) is 0. The molecule has 0 rings (SSSR count). The Morgan fingerprint density at radius 2 is 0.571 bits per heavy atom. The Morgan fingerprint density at radius 3 is 0.571 bits per heavy atom. The van der Waals surface area contributed by atoms with Crippen molar-refractivity contribution < 1.29 is 127 Å². The molecule has 0 heterocycles. The predicted molar refractivity (Wildman–Crippen MR) is 63.9 cm³/mol. The third kappa shape index (κ3) is 32.2. The van der Waals surface area contributed by atoms with Crippen molar-refractivity contribution in [3.63, 3.8) is 0 Å². The van der Waals surface area contributed by atoms with Crippen LogP contribution in [0, 0.1) is 0 Å². The smallest absolute Gasteiger partial charge is 1.00 e. The molecule has 0 aliphatic rings. The van der Waals surface area contributed by atoms with Crippen molar-refractivity contribution >= 4 is 95.9 Å². The zero-order valence-electron chi connectivity index (χ0n) is 5.95. The molecule has 0 bridgehead atoms. The molecule has 46 valence electrons. The van der Waals surface area contributed by atoms with Crippen LogP contribution >= 0.6 is 95.9 Å². The standard InChI is InChI=1S/4HI.2K.Pt.2H/h4*1H;;;;;/q;;;;2*+1;;2*-1. The summed E-state index contributed by atoms with van der Waals surface area (Å²) in [6.07, 6.45) is 0. The van der Waals surface area contributed by atoms with Gasteiger partial charge in [0.15, 0.2) is 0 Å². The summed E-state index contributed by atoms with van der Waals surface area (Å²) in [6.45, 7) is 0. The number of hydrogen-bond acceptors (Lipinski definition) is 0. The first-order valence-electron chi connectivity index (χ1n) is 0. The van der Waals surface area contributed by atoms with Gasteiger partial charge in [0.1, 0.15) is 0 Å². The number of rotatable bonds is 0. The maximum Gasteiger partial charge on any atom is 1.00 e. The zero-order chi connectivity index (χ0) is 0. The maximum atomic E-state index is 0. The Hall–Kier alpha value is 6.88. The first kappa shape index (κ1) is 48.6. The van der Waals surface area contributed by atoms with Crippen molar-refractivity contribution in [2.45, 2.75) is 0 Å². The van der Waals surface area contributed by atoms with Crippen LogP contribution in [0.2, 0.25) is 0 Å². The molecule has 0 atom stereocenters. The van der Waals surface area contributed by atoms with Crippen LogP contribution in [0.3, 0.4) is 0 Å². The molecule has 0 N–H and O–H groups in total. The van der Waals surface area contributed by atoms with Gasteiger partial charge in [0.25, 0.3) is 0 Å². The van der Waals surface area contributed by atoms with Gasteiger partial charge in [0.2, 0.25) is 0 Å². The molecular weight excluding hydrogens is 781 g/mol. The van der Waals surface area contributed by atoms with E-state index in [0.717, 1.165) is 0 Å². The molecule has 0 unspecified atom stereocenters. The summed E-state index contributed by atoms with van der Waals surface area (Å²) >= 11 is 0. The minimum Gasteiger partial charge on any atom is -1.00 e. The van der Waals surface area contributed by atoms with E-state index in [9.17, 15) is 0 Å². The zero-order valence-corrected chi connectivity index (χ0v) is 21.8. The molecule has 0 fully saturated rings. The first-order valence-corrected chi connectivity index (χ1v) is 0. The normalized spacial score (nSPS) is 0. The Morgan fingerprint density at radius 1 is 0.571 bits per heavy atom. The minimum absolute atomic E-state index is 0. The number of halogens is 4. The van der Waals surface area contributed by atoms with E-state index >= 15 is 0 Å². The van der Waals surface area contributed by atoms with E-state index in [-0.39, 0.29) is 223 Å². The molecule has 0 saturated carbocycles. The van der Waals surface area contributed by atoms with Crippen molar-refractivity contribution in [2.75, 3.05) is 0 Å². The van der Waals surface area contributed by atoms with Crippen LogP contribution in [0.25, 0.3) is 0 Å². The van der Waals surface area contributed by atoms with Crippen LogP contribution in [0.5, 0.6) is 0 Å². The van der Waals surface area contributed by atoms with E-state index in [2.05, 4.69) is 0 Å². The van der Waals surface area contributed by atoms with Gasteiger partial charge in [-0.2, -0.15) is 0 Å². The Bertz CT molecular complexity index is 16.5. The van der Waals surface area contributed by atoms with Gasteiger partial charge in [-0.05, 0) is 0 Å². The van der Waals surface area contributed by atoms with Crippen LogP contribution in [0.4, 0.5) is 0 Å². The summed E-state index contributed by atoms with van der Waals surface area (Å²) in [7, 11) is 0. The molecule has 0 aromatic heterocycles. The second-order valence-corrected chi connectivity index (χ2v) is 0. The monoisotopic (exact) mass is 787 g/mol. The molecule has 0 spiro atoms. The van der Waals surface area contributed by atoms with Crippen LogP contribution in [-0.2, 0) is 21.1 Å². The molecule has 0 aromatic rings. The molecule has 0 aliphatic carbocycles. The van der Waals surface area contributed by atoms with Crippen LogP contribution in [0.1, 0.15) is 2.85 Å². The Balaban J connectivity index is 0. The molecule has 0 saturated heterocycles. The third-order valence-corrected chi connectivity index (χ3v) is 0. The van der Waals surface area contributed by atoms with Crippen molar-refractivity contribution in [1.82, 2.24) is 0 Å². The second kappa shape index (κ2) is 38.4. The van der Waals surface area contributed by atoms with Gasteiger partial charge in [-0.1, -0.05) is 0 Å². The van der Waals surface area contributed by atoms with Crippen molar-refractivity contribution in [1.29, 1.82) is 0 Å². The average molecular weight is 787 g/mol. The Kier molecular flexibility index (Phi) is 267. The predicted octanol–water partition coefficient (Wildman–Crippen LogP) is -3.30. The minimum atomic E-state index is 0. The fourth-order valence-electron chi connectivity index (χ4n) is 0. The first-order chi connectivity index (χ1) is 0. The summed E-state index contributed by atoms with van der Waals surface area (Å²) in [6, 6.07) is 0. The van der Waals surface area contributed by atoms with E-state index in [0.29, 0.717) is 0 Å². The van der Waals surface area contributed by atoms with Gasteiger partial charge < -0.3 is 2.85 Å². The third-order valence-electron chi connectivity index (χ3n) is 0. The molecule has 0 aromatic carbocycles. The molecule has 0 radical (unpaired) electrons. The maximum absolute atomic E-state index is 0. The van der Waals surface area contributed by atoms with Crippen molar-refractivity contribution in [3.05, 3.63) is 0 Å². The van der Waals surface area contributed by atoms with E-state index in [1.165, 1.54) is 0 Å². The fraction of sp³-hybridized carbons (Fsp3) is 0. The summed E-state index contributed by atoms with van der Waals surface area (Å²) < 4.78 is 0. The fourth-order valence-corrected chi connectivity index (χ4v) is 0. The topological polar surface area (TPSA) is 0 Å². The van der Waals surface area contributed by atoms with Crippen LogP contribution in [0.15, 0.2) is 0 Å². The summed E-state index contributed by atoms with van der Waals surface area (Å²) in [5.41, 5.74) is 0. The average Bonchev–Trinajstić information content (AvgIpc) is 0. The van der Waals surface area contributed by atoms with Crippen LogP contribution < -0.4 is 103 Å². The van der Waals surface area contributed by atoms with Gasteiger partial charge >= 0.3 is 103 Å². The van der Waals surface area contributed by atoms with Gasteiger partial charge in [0, 0.05) is 21.1 Å². The quantitative estimate of drug-likeness (QED) is 0.179. The molecule has 7 heavy (non-hydrogen) atoms. The summed E-state index contributed by atoms with van der Waals surface area (Å²) in [5, 5.41) is 0. The summed E-state index contributed by atoms with van der Waals surface area (Å²) in [5.74, 6) is 0. The Labute approximate surface area is 215 Å². The second-order valence-electron chi connectivity index (χ2n) is 0. The van der Waals surface area contributed by atoms with Gasteiger partial charge in [-0.3, -0.25) is 0 Å². The van der Waals surface area contributed by atoms with Crippen LogP contribution in [-0.4, -0.2) is 0 Å². The van der Waals surface area contributed by atoms with E-state index < -0.39 is 0 Å². The molecular formula is H6I4K2Pt. The van der Waals surface area contributed by atoms with Crippen molar-refractivity contribution in [3.8, 4) is 0 Å². The van der Waals surface area contributed by atoms with Crippen molar-refractivity contribution in [2.24, 2.45) is 0 Å².